The summed E-state index contributed by atoms with van der Waals surface area (Å²) in [7, 11) is 3.21. The highest BCUT2D eigenvalue weighted by Crippen LogP contribution is 2.31. The first kappa shape index (κ1) is 19.4. The van der Waals surface area contributed by atoms with Gasteiger partial charge in [0, 0.05) is 11.6 Å². The van der Waals surface area contributed by atoms with Crippen LogP contribution in [0.5, 0.6) is 11.5 Å². The molecule has 1 aliphatic heterocycles. The van der Waals surface area contributed by atoms with Gasteiger partial charge in [0.25, 0.3) is 10.7 Å². The number of nitrogens with zero attached hydrogens (tertiary/aromatic N) is 3. The average molecular weight is 416 g/mol. The number of pyridine rings is 1. The molecule has 4 rings (SSSR count). The van der Waals surface area contributed by atoms with Crippen LogP contribution in [0.3, 0.4) is 0 Å². The topological polar surface area (TPSA) is 71.2 Å². The summed E-state index contributed by atoms with van der Waals surface area (Å²) in [5.74, 6) is 2.92. The summed E-state index contributed by atoms with van der Waals surface area (Å²) < 4.78 is 18.2. The molecule has 1 saturated heterocycles. The van der Waals surface area contributed by atoms with E-state index in [9.17, 15) is 0 Å². The number of anilines is 1. The maximum absolute atomic E-state index is 5.75. The van der Waals surface area contributed by atoms with Crippen LogP contribution in [0.25, 0.3) is 11.5 Å². The van der Waals surface area contributed by atoms with Crippen molar-refractivity contribution in [3.63, 3.8) is 0 Å². The molecule has 9 heteroatoms. The quantitative estimate of drug-likeness (QED) is 0.608. The molecule has 0 atom stereocenters. The van der Waals surface area contributed by atoms with Crippen LogP contribution >= 0.6 is 12.2 Å². The van der Waals surface area contributed by atoms with E-state index in [4.69, 9.17) is 26.1 Å². The van der Waals surface area contributed by atoms with E-state index in [1.807, 2.05) is 30.5 Å². The van der Waals surface area contributed by atoms with Gasteiger partial charge in [0.15, 0.2) is 18.2 Å². The molecule has 0 unspecified atom stereocenters. The van der Waals surface area contributed by atoms with Gasteiger partial charge in [-0.1, -0.05) is 6.07 Å². The zero-order valence-electron chi connectivity index (χ0n) is 16.6. The number of piperazine rings is 1. The Bertz CT molecular complexity index is 1010. The predicted molar refractivity (Wildman–Crippen MR) is 110 cm³/mol. The molecule has 0 spiro atoms. The largest absolute Gasteiger partial charge is 0.493 e. The maximum Gasteiger partial charge on any atom is 0.292 e. The van der Waals surface area contributed by atoms with Crippen LogP contribution in [0, 0.1) is 4.84 Å². The Balaban J connectivity index is 1.44. The second-order valence-electron chi connectivity index (χ2n) is 6.89. The SMILES string of the molecule is COc1ccc(-c2nn(C[NH+]3CCN(c4cccc[nH+]4)CC3)c(=S)o2)cc1OC. The van der Waals surface area contributed by atoms with Crippen LogP contribution in [0.15, 0.2) is 47.0 Å². The monoisotopic (exact) mass is 415 g/mol. The molecule has 1 aromatic carbocycles. The van der Waals surface area contributed by atoms with Crippen molar-refractivity contribution in [2.45, 2.75) is 6.67 Å². The van der Waals surface area contributed by atoms with Crippen LogP contribution in [0.4, 0.5) is 5.82 Å². The highest BCUT2D eigenvalue weighted by atomic mass is 32.1. The smallest absolute Gasteiger partial charge is 0.292 e. The van der Waals surface area contributed by atoms with Gasteiger partial charge in [0.1, 0.15) is 26.2 Å². The van der Waals surface area contributed by atoms with Crippen LogP contribution in [-0.2, 0) is 6.67 Å². The molecular weight excluding hydrogens is 390 g/mol. The van der Waals surface area contributed by atoms with Crippen molar-refractivity contribution in [1.82, 2.24) is 9.78 Å². The second-order valence-corrected chi connectivity index (χ2v) is 7.23. The standard InChI is InChI=1S/C20H23N5O3S/c1-26-16-7-6-15(13-17(16)27-2)19-22-25(20(29)28-19)14-23-9-11-24(12-10-23)18-5-3-4-8-21-18/h3-8,13H,9-12,14H2,1-2H3/p+2. The molecule has 2 N–H and O–H groups in total. The lowest BCUT2D eigenvalue weighted by molar-refractivity contribution is -0.924. The molecule has 1 aliphatic rings. The van der Waals surface area contributed by atoms with E-state index in [-0.39, 0.29) is 0 Å². The Kier molecular flexibility index (Phi) is 5.77. The summed E-state index contributed by atoms with van der Waals surface area (Å²) in [5.41, 5.74) is 0.798. The van der Waals surface area contributed by atoms with E-state index in [1.165, 1.54) is 4.90 Å². The molecule has 8 nitrogen and oxygen atoms in total. The minimum absolute atomic E-state index is 0.376. The lowest BCUT2D eigenvalue weighted by atomic mass is 10.2. The second kappa shape index (κ2) is 8.62. The summed E-state index contributed by atoms with van der Waals surface area (Å²) in [4.78, 5) is 7.45. The number of aromatic nitrogens is 3. The summed E-state index contributed by atoms with van der Waals surface area (Å²) in [5, 5.41) is 4.59. The van der Waals surface area contributed by atoms with Crippen LogP contribution in [-0.4, -0.2) is 50.2 Å². The fourth-order valence-electron chi connectivity index (χ4n) is 3.51. The molecule has 0 bridgehead atoms. The Morgan fingerprint density at radius 1 is 1.14 bits per heavy atom. The van der Waals surface area contributed by atoms with E-state index in [0.29, 0.717) is 28.9 Å². The highest BCUT2D eigenvalue weighted by molar-refractivity contribution is 7.71. The van der Waals surface area contributed by atoms with Gasteiger partial charge < -0.3 is 18.8 Å². The number of quaternary nitrogens is 1. The molecule has 0 radical (unpaired) electrons. The number of nitrogens with one attached hydrogen (secondary N) is 2. The van der Waals surface area contributed by atoms with E-state index in [1.54, 1.807) is 18.9 Å². The van der Waals surface area contributed by atoms with Crippen molar-refractivity contribution >= 4 is 18.0 Å². The van der Waals surface area contributed by atoms with Crippen LogP contribution in [0.1, 0.15) is 0 Å². The molecular formula is C20H25N5O3S+2. The summed E-state index contributed by atoms with van der Waals surface area (Å²) in [6, 6.07) is 11.7. The fraction of sp³-hybridized carbons (Fsp3) is 0.350. The first-order valence-electron chi connectivity index (χ1n) is 9.53. The number of ether oxygens (including phenoxy) is 2. The van der Waals surface area contributed by atoms with Gasteiger partial charge in [-0.2, -0.15) is 4.68 Å². The third-order valence-electron chi connectivity index (χ3n) is 5.11. The highest BCUT2D eigenvalue weighted by Gasteiger charge is 2.26. The molecule has 0 amide bonds. The first-order valence-corrected chi connectivity index (χ1v) is 9.94. The average Bonchev–Trinajstić information content (AvgIpc) is 3.14. The summed E-state index contributed by atoms with van der Waals surface area (Å²) in [6.45, 7) is 4.64. The molecule has 3 heterocycles. The molecule has 29 heavy (non-hydrogen) atoms. The Hall–Kier alpha value is -2.91. The number of methoxy groups -OCH3 is 2. The third-order valence-corrected chi connectivity index (χ3v) is 5.41. The van der Waals surface area contributed by atoms with E-state index < -0.39 is 0 Å². The Morgan fingerprint density at radius 2 is 1.93 bits per heavy atom. The van der Waals surface area contributed by atoms with Gasteiger partial charge in [0.2, 0.25) is 5.89 Å². The Morgan fingerprint density at radius 3 is 2.62 bits per heavy atom. The Labute approximate surface area is 174 Å². The molecule has 3 aromatic rings. The van der Waals surface area contributed by atoms with Gasteiger partial charge in [-0.25, -0.2) is 4.98 Å². The van der Waals surface area contributed by atoms with Crippen LogP contribution in [0.2, 0.25) is 0 Å². The van der Waals surface area contributed by atoms with Crippen molar-refractivity contribution in [1.29, 1.82) is 0 Å². The van der Waals surface area contributed by atoms with Gasteiger partial charge >= 0.3 is 0 Å². The third kappa shape index (κ3) is 4.25. The van der Waals surface area contributed by atoms with Crippen molar-refractivity contribution in [2.75, 3.05) is 45.3 Å². The zero-order chi connectivity index (χ0) is 20.2. The predicted octanol–water partition coefficient (Wildman–Crippen LogP) is 1.07. The van der Waals surface area contributed by atoms with Crippen LogP contribution < -0.4 is 24.3 Å². The van der Waals surface area contributed by atoms with E-state index in [2.05, 4.69) is 27.1 Å². The zero-order valence-corrected chi connectivity index (χ0v) is 17.4. The molecule has 0 aliphatic carbocycles. The number of rotatable bonds is 6. The molecule has 152 valence electrons. The molecule has 2 aromatic heterocycles. The van der Waals surface area contributed by atoms with Crippen molar-refractivity contribution in [3.8, 4) is 23.0 Å². The number of hydrogen-bond donors (Lipinski definition) is 1. The van der Waals surface area contributed by atoms with Gasteiger partial charge in [-0.05, 0) is 36.5 Å². The number of H-pyrrole nitrogens is 1. The van der Waals surface area contributed by atoms with Crippen molar-refractivity contribution in [3.05, 3.63) is 47.4 Å². The van der Waals surface area contributed by atoms with Crippen molar-refractivity contribution < 1.29 is 23.8 Å². The summed E-state index contributed by atoms with van der Waals surface area (Å²) in [6.07, 6.45) is 1.96. The van der Waals surface area contributed by atoms with E-state index in [0.717, 1.165) is 37.6 Å². The van der Waals surface area contributed by atoms with Gasteiger partial charge in [0.05, 0.1) is 20.4 Å². The number of benzene rings is 1. The minimum Gasteiger partial charge on any atom is -0.493 e. The maximum atomic E-state index is 5.75. The van der Waals surface area contributed by atoms with Gasteiger partial charge in [-0.15, -0.1) is 5.10 Å². The van der Waals surface area contributed by atoms with Crippen molar-refractivity contribution in [2.24, 2.45) is 0 Å². The van der Waals surface area contributed by atoms with E-state index >= 15 is 0 Å². The normalized spacial score (nSPS) is 14.8. The number of hydrogen-bond acceptors (Lipinski definition) is 6. The minimum atomic E-state index is 0.376. The summed E-state index contributed by atoms with van der Waals surface area (Å²) >= 11 is 5.40. The first-order chi connectivity index (χ1) is 14.2. The molecule has 1 fully saturated rings. The van der Waals surface area contributed by atoms with Gasteiger partial charge in [-0.3, -0.25) is 4.90 Å². The molecule has 0 saturated carbocycles. The number of aromatic amines is 1. The lowest BCUT2D eigenvalue weighted by Gasteiger charge is -2.27. The lowest BCUT2D eigenvalue weighted by Crippen LogP contribution is -3.14. The fourth-order valence-corrected chi connectivity index (χ4v) is 3.69.